The highest BCUT2D eigenvalue weighted by atomic mass is 16.8. The van der Waals surface area contributed by atoms with Crippen molar-refractivity contribution in [3.8, 4) is 0 Å². The molecule has 174 valence electrons. The summed E-state index contributed by atoms with van der Waals surface area (Å²) in [4.78, 5) is 12.3. The molecule has 0 unspecified atom stereocenters. The summed E-state index contributed by atoms with van der Waals surface area (Å²) in [5.41, 5.74) is 0.947. The molecule has 0 radical (unpaired) electrons. The van der Waals surface area contributed by atoms with E-state index in [1.54, 1.807) is 42.5 Å². The molecule has 1 aromatic carbocycles. The van der Waals surface area contributed by atoms with Crippen LogP contribution >= 0.6 is 0 Å². The van der Waals surface area contributed by atoms with Crippen molar-refractivity contribution < 1.29 is 49.3 Å². The zero-order chi connectivity index (χ0) is 22.8. The first kappa shape index (κ1) is 22.9. The van der Waals surface area contributed by atoms with Gasteiger partial charge in [-0.25, -0.2) is 4.79 Å². The molecule has 4 rings (SSSR count). The fourth-order valence-electron chi connectivity index (χ4n) is 4.17. The number of benzene rings is 1. The normalized spacial score (nSPS) is 38.5. The van der Waals surface area contributed by atoms with E-state index in [0.29, 0.717) is 11.1 Å². The van der Waals surface area contributed by atoms with Gasteiger partial charge in [0, 0.05) is 5.92 Å². The molecule has 0 aromatic heterocycles. The summed E-state index contributed by atoms with van der Waals surface area (Å²) in [6.07, 6.45) is -4.61. The van der Waals surface area contributed by atoms with Crippen LogP contribution in [-0.2, 0) is 18.9 Å². The molecular weight excluding hydrogens is 424 g/mol. The topological polar surface area (TPSA) is 155 Å². The first-order chi connectivity index (χ1) is 15.4. The van der Waals surface area contributed by atoms with E-state index < -0.39 is 67.5 Å². The summed E-state index contributed by atoms with van der Waals surface area (Å²) >= 11 is 0. The van der Waals surface area contributed by atoms with Crippen LogP contribution in [0.15, 0.2) is 54.3 Å². The lowest BCUT2D eigenvalue weighted by Crippen LogP contribution is -2.60. The lowest BCUT2D eigenvalue weighted by atomic mass is 9.88. The van der Waals surface area contributed by atoms with E-state index in [0.717, 1.165) is 0 Å². The van der Waals surface area contributed by atoms with Crippen molar-refractivity contribution in [3.63, 3.8) is 0 Å². The average Bonchev–Trinajstić information content (AvgIpc) is 3.14. The molecule has 0 saturated carbocycles. The minimum atomic E-state index is -1.60. The highest BCUT2D eigenvalue weighted by Crippen LogP contribution is 2.41. The summed E-state index contributed by atoms with van der Waals surface area (Å²) in [5.74, 6) is -1.52. The maximum absolute atomic E-state index is 12.3. The first-order valence-electron chi connectivity index (χ1n) is 10.3. The molecule has 10 heteroatoms. The Bertz CT molecular complexity index is 854. The van der Waals surface area contributed by atoms with E-state index in [1.807, 2.05) is 0 Å². The molecule has 1 saturated heterocycles. The van der Waals surface area contributed by atoms with Crippen LogP contribution in [0.2, 0.25) is 0 Å². The SMILES string of the molecule is O=C(OCC1=C[C@H](O)[C@H]2C=CO[C@@H](O[C@H]3O[C@H](CO)[C@@H](O)[C@H](O)[C@H]3O)[C@H]12)c1ccccc1. The third-order valence-corrected chi connectivity index (χ3v) is 5.92. The predicted octanol–water partition coefficient (Wildman–Crippen LogP) is -0.937. The number of esters is 1. The summed E-state index contributed by atoms with van der Waals surface area (Å²) < 4.78 is 22.1. The Morgan fingerprint density at radius 2 is 1.75 bits per heavy atom. The molecule has 10 nitrogen and oxygen atoms in total. The molecule has 32 heavy (non-hydrogen) atoms. The number of carbonyl (C=O) groups excluding carboxylic acids is 1. The van der Waals surface area contributed by atoms with Gasteiger partial charge in [0.25, 0.3) is 0 Å². The number of aliphatic hydroxyl groups excluding tert-OH is 5. The van der Waals surface area contributed by atoms with Gasteiger partial charge in [0.05, 0.1) is 30.5 Å². The van der Waals surface area contributed by atoms with Gasteiger partial charge in [-0.2, -0.15) is 0 Å². The molecular formula is C22H26O10. The third-order valence-electron chi connectivity index (χ3n) is 5.92. The van der Waals surface area contributed by atoms with Gasteiger partial charge in [0.2, 0.25) is 6.29 Å². The molecule has 1 aliphatic carbocycles. The lowest BCUT2D eigenvalue weighted by molar-refractivity contribution is -0.339. The van der Waals surface area contributed by atoms with Gasteiger partial charge in [0.1, 0.15) is 31.0 Å². The molecule has 1 fully saturated rings. The summed E-state index contributed by atoms with van der Waals surface area (Å²) in [7, 11) is 0. The van der Waals surface area contributed by atoms with Crippen molar-refractivity contribution in [3.05, 3.63) is 59.9 Å². The second kappa shape index (κ2) is 9.67. The fourth-order valence-corrected chi connectivity index (χ4v) is 4.17. The van der Waals surface area contributed by atoms with Crippen LogP contribution in [0.25, 0.3) is 0 Å². The quantitative estimate of drug-likeness (QED) is 0.271. The zero-order valence-corrected chi connectivity index (χ0v) is 17.0. The van der Waals surface area contributed by atoms with Crippen molar-refractivity contribution >= 4 is 5.97 Å². The molecule has 9 atom stereocenters. The highest BCUT2D eigenvalue weighted by molar-refractivity contribution is 5.89. The molecule has 0 spiro atoms. The predicted molar refractivity (Wildman–Crippen MR) is 107 cm³/mol. The van der Waals surface area contributed by atoms with E-state index in [4.69, 9.17) is 18.9 Å². The van der Waals surface area contributed by atoms with Gasteiger partial charge >= 0.3 is 5.97 Å². The van der Waals surface area contributed by atoms with Crippen LogP contribution in [0.5, 0.6) is 0 Å². The summed E-state index contributed by atoms with van der Waals surface area (Å²) in [5, 5.41) is 50.0. The maximum Gasteiger partial charge on any atom is 0.338 e. The van der Waals surface area contributed by atoms with Crippen LogP contribution in [0.1, 0.15) is 10.4 Å². The van der Waals surface area contributed by atoms with Crippen molar-refractivity contribution in [1.82, 2.24) is 0 Å². The Labute approximate surface area is 183 Å². The van der Waals surface area contributed by atoms with Crippen molar-refractivity contribution in [2.24, 2.45) is 11.8 Å². The highest BCUT2D eigenvalue weighted by Gasteiger charge is 2.49. The molecule has 5 N–H and O–H groups in total. The number of hydrogen-bond donors (Lipinski definition) is 5. The minimum absolute atomic E-state index is 0.113. The second-order valence-corrected chi connectivity index (χ2v) is 7.94. The Kier molecular flexibility index (Phi) is 6.91. The van der Waals surface area contributed by atoms with Crippen LogP contribution < -0.4 is 0 Å². The fraction of sp³-hybridized carbons (Fsp3) is 0.500. The van der Waals surface area contributed by atoms with Crippen molar-refractivity contribution in [2.45, 2.75) is 43.1 Å². The van der Waals surface area contributed by atoms with Crippen LogP contribution in [0, 0.1) is 11.8 Å². The number of carbonyl (C=O) groups is 1. The Morgan fingerprint density at radius 1 is 1.00 bits per heavy atom. The van der Waals surface area contributed by atoms with E-state index in [-0.39, 0.29) is 6.61 Å². The molecule has 3 aliphatic rings. The van der Waals surface area contributed by atoms with Crippen molar-refractivity contribution in [1.29, 1.82) is 0 Å². The van der Waals surface area contributed by atoms with Crippen molar-refractivity contribution in [2.75, 3.05) is 13.2 Å². The molecule has 2 aliphatic heterocycles. The van der Waals surface area contributed by atoms with Crippen LogP contribution in [0.3, 0.4) is 0 Å². The number of fused-ring (bicyclic) bond motifs is 1. The second-order valence-electron chi connectivity index (χ2n) is 7.94. The Balaban J connectivity index is 1.46. The van der Waals surface area contributed by atoms with Gasteiger partial charge in [-0.1, -0.05) is 24.3 Å². The van der Waals surface area contributed by atoms with Gasteiger partial charge < -0.3 is 44.5 Å². The third kappa shape index (κ3) is 4.44. The van der Waals surface area contributed by atoms with Crippen LogP contribution in [-0.4, -0.2) is 87.8 Å². The number of aliphatic hydroxyl groups is 5. The number of ether oxygens (including phenoxy) is 4. The van der Waals surface area contributed by atoms with E-state index >= 15 is 0 Å². The van der Waals surface area contributed by atoms with Gasteiger partial charge in [-0.3, -0.25) is 0 Å². The molecule has 0 amide bonds. The summed E-state index contributed by atoms with van der Waals surface area (Å²) in [6, 6.07) is 8.47. The maximum atomic E-state index is 12.3. The van der Waals surface area contributed by atoms with E-state index in [1.165, 1.54) is 6.26 Å². The Hall–Kier alpha value is -2.31. The largest absolute Gasteiger partial charge is 0.472 e. The smallest absolute Gasteiger partial charge is 0.338 e. The van der Waals surface area contributed by atoms with Gasteiger partial charge in [0.15, 0.2) is 6.29 Å². The number of rotatable bonds is 6. The molecule has 0 bridgehead atoms. The van der Waals surface area contributed by atoms with E-state index in [2.05, 4.69) is 0 Å². The van der Waals surface area contributed by atoms with Gasteiger partial charge in [-0.05, 0) is 23.8 Å². The molecule has 2 heterocycles. The molecule has 1 aromatic rings. The lowest BCUT2D eigenvalue weighted by Gasteiger charge is -2.42. The average molecular weight is 450 g/mol. The Morgan fingerprint density at radius 3 is 2.47 bits per heavy atom. The minimum Gasteiger partial charge on any atom is -0.472 e. The zero-order valence-electron chi connectivity index (χ0n) is 17.0. The monoisotopic (exact) mass is 450 g/mol. The first-order valence-corrected chi connectivity index (χ1v) is 10.3. The van der Waals surface area contributed by atoms with Crippen LogP contribution in [0.4, 0.5) is 0 Å². The van der Waals surface area contributed by atoms with Gasteiger partial charge in [-0.15, -0.1) is 0 Å². The van der Waals surface area contributed by atoms with E-state index in [9.17, 15) is 30.3 Å². The standard InChI is InChI=1S/C22H26O10/c23-9-15-17(25)18(26)19(27)22(31-15)32-21-16-12(8-14(24)13(16)6-7-29-21)10-30-20(28)11-4-2-1-3-5-11/h1-8,13-19,21-27H,9-10H2/t13-,14+,15-,16-,17-,18+,19-,21+,22-/m1/s1. The number of hydrogen-bond acceptors (Lipinski definition) is 10. The summed E-state index contributed by atoms with van der Waals surface area (Å²) in [6.45, 7) is -0.709.